The zero-order valence-corrected chi connectivity index (χ0v) is 19.5. The van der Waals surface area contributed by atoms with Crippen molar-refractivity contribution in [3.63, 3.8) is 0 Å². The first-order chi connectivity index (χ1) is 14.8. The van der Waals surface area contributed by atoms with Crippen molar-refractivity contribution >= 4 is 23.6 Å². The van der Waals surface area contributed by atoms with Gasteiger partial charge in [-0.05, 0) is 50.8 Å². The Bertz CT molecular complexity index is 846. The van der Waals surface area contributed by atoms with Crippen molar-refractivity contribution < 1.29 is 9.59 Å². The second-order valence-electron chi connectivity index (χ2n) is 8.59. The fourth-order valence-electron chi connectivity index (χ4n) is 4.20. The minimum Gasteiger partial charge on any atom is -0.368 e. The molecule has 1 aromatic carbocycles. The van der Waals surface area contributed by atoms with Crippen LogP contribution >= 0.6 is 0 Å². The Labute approximate surface area is 185 Å². The number of amides is 3. The molecule has 0 bridgehead atoms. The maximum atomic E-state index is 12.5. The first-order valence-corrected chi connectivity index (χ1v) is 11.2. The monoisotopic (exact) mass is 428 g/mol. The molecule has 1 unspecified atom stereocenters. The predicted octanol–water partition coefficient (Wildman–Crippen LogP) is 2.11. The smallest absolute Gasteiger partial charge is 0.325 e. The molecule has 2 saturated heterocycles. The summed E-state index contributed by atoms with van der Waals surface area (Å²) in [7, 11) is 1.80. The highest BCUT2D eigenvalue weighted by molar-refractivity contribution is 6.06. The molecule has 3 amide bonds. The molecule has 31 heavy (non-hydrogen) atoms. The molecular formula is C23H36N6O2. The largest absolute Gasteiger partial charge is 0.368 e. The molecule has 0 saturated carbocycles. The number of hydrogen-bond acceptors (Lipinski definition) is 4. The van der Waals surface area contributed by atoms with E-state index in [1.54, 1.807) is 14.0 Å². The lowest BCUT2D eigenvalue weighted by Crippen LogP contribution is -2.53. The third kappa shape index (κ3) is 4.78. The van der Waals surface area contributed by atoms with E-state index in [1.807, 2.05) is 6.92 Å². The van der Waals surface area contributed by atoms with Crippen LogP contribution in [0.25, 0.3) is 0 Å². The summed E-state index contributed by atoms with van der Waals surface area (Å²) in [5.41, 5.74) is 3.21. The number of nitrogens with one attached hydrogen (secondary N) is 2. The second-order valence-corrected chi connectivity index (χ2v) is 8.59. The Morgan fingerprint density at radius 1 is 1.19 bits per heavy atom. The SMILES string of the molecule is CCC1(C)NC(=O)N(CCCNC(=NC)N2CCN(c3cccc(C)c3C)CC2)C1=O. The lowest BCUT2D eigenvalue weighted by atomic mass is 9.99. The number of carbonyl (C=O) groups excluding carboxylic acids is 2. The van der Waals surface area contributed by atoms with Gasteiger partial charge in [-0.3, -0.25) is 14.7 Å². The van der Waals surface area contributed by atoms with Crippen molar-refractivity contribution in [3.05, 3.63) is 29.3 Å². The summed E-state index contributed by atoms with van der Waals surface area (Å²) in [5, 5.41) is 6.19. The van der Waals surface area contributed by atoms with E-state index in [9.17, 15) is 9.59 Å². The number of hydrogen-bond donors (Lipinski definition) is 2. The van der Waals surface area contributed by atoms with E-state index in [0.29, 0.717) is 25.9 Å². The number of urea groups is 1. The molecule has 2 aliphatic heterocycles. The van der Waals surface area contributed by atoms with Crippen molar-refractivity contribution in [2.24, 2.45) is 4.99 Å². The maximum Gasteiger partial charge on any atom is 0.325 e. The van der Waals surface area contributed by atoms with Gasteiger partial charge in [-0.1, -0.05) is 19.1 Å². The summed E-state index contributed by atoms with van der Waals surface area (Å²) in [6.07, 6.45) is 1.27. The quantitative estimate of drug-likeness (QED) is 0.314. The van der Waals surface area contributed by atoms with Crippen LogP contribution in [-0.4, -0.2) is 79.6 Å². The fraction of sp³-hybridized carbons (Fsp3) is 0.609. The van der Waals surface area contributed by atoms with Crippen molar-refractivity contribution in [1.82, 2.24) is 20.4 Å². The van der Waals surface area contributed by atoms with Gasteiger partial charge in [0, 0.05) is 52.0 Å². The van der Waals surface area contributed by atoms with E-state index in [1.165, 1.54) is 21.7 Å². The van der Waals surface area contributed by atoms with Crippen molar-refractivity contribution in [1.29, 1.82) is 0 Å². The topological polar surface area (TPSA) is 80.3 Å². The Morgan fingerprint density at radius 2 is 1.90 bits per heavy atom. The average Bonchev–Trinajstić information content (AvgIpc) is 2.99. The number of piperazine rings is 1. The summed E-state index contributed by atoms with van der Waals surface area (Å²) in [4.78, 5) is 35.1. The van der Waals surface area contributed by atoms with Crippen LogP contribution in [0, 0.1) is 13.8 Å². The Kier molecular flexibility index (Phi) is 7.08. The van der Waals surface area contributed by atoms with E-state index >= 15 is 0 Å². The zero-order valence-electron chi connectivity index (χ0n) is 19.5. The predicted molar refractivity (Wildman–Crippen MR) is 125 cm³/mol. The van der Waals surface area contributed by atoms with E-state index in [4.69, 9.17) is 0 Å². The normalized spacial score (nSPS) is 22.2. The number of guanidine groups is 1. The van der Waals surface area contributed by atoms with Gasteiger partial charge in [-0.15, -0.1) is 0 Å². The van der Waals surface area contributed by atoms with Gasteiger partial charge in [-0.2, -0.15) is 0 Å². The number of anilines is 1. The molecule has 8 heteroatoms. The van der Waals surface area contributed by atoms with Crippen LogP contribution in [-0.2, 0) is 4.79 Å². The van der Waals surface area contributed by atoms with E-state index in [2.05, 4.69) is 57.5 Å². The molecule has 2 heterocycles. The minimum atomic E-state index is -0.768. The summed E-state index contributed by atoms with van der Waals surface area (Å²) in [5.74, 6) is 0.739. The van der Waals surface area contributed by atoms with Gasteiger partial charge in [-0.25, -0.2) is 4.79 Å². The Balaban J connectivity index is 1.46. The number of nitrogens with zero attached hydrogens (tertiary/aromatic N) is 4. The molecule has 2 N–H and O–H groups in total. The van der Waals surface area contributed by atoms with Gasteiger partial charge in [0.2, 0.25) is 0 Å². The number of imide groups is 1. The Morgan fingerprint density at radius 3 is 2.52 bits per heavy atom. The molecule has 3 rings (SSSR count). The van der Waals surface area contributed by atoms with Gasteiger partial charge in [0.25, 0.3) is 5.91 Å². The number of benzene rings is 1. The molecule has 8 nitrogen and oxygen atoms in total. The second kappa shape index (κ2) is 9.58. The van der Waals surface area contributed by atoms with E-state index < -0.39 is 5.54 Å². The molecule has 2 aliphatic rings. The standard InChI is InChI=1S/C23H36N6O2/c1-6-23(4)20(30)29(22(31)26-23)12-8-11-25-21(24-5)28-15-13-27(14-16-28)19-10-7-9-17(2)18(19)3/h7,9-10H,6,8,11-16H2,1-5H3,(H,24,25)(H,26,31). The number of aliphatic imine (C=N–C) groups is 1. The molecule has 170 valence electrons. The molecule has 0 aromatic heterocycles. The van der Waals surface area contributed by atoms with E-state index in [0.717, 1.165) is 32.1 Å². The van der Waals surface area contributed by atoms with Gasteiger partial charge < -0.3 is 20.4 Å². The van der Waals surface area contributed by atoms with Crippen molar-refractivity contribution in [2.45, 2.75) is 46.1 Å². The van der Waals surface area contributed by atoms with Crippen LogP contribution in [0.15, 0.2) is 23.2 Å². The fourth-order valence-corrected chi connectivity index (χ4v) is 4.20. The zero-order chi connectivity index (χ0) is 22.6. The maximum absolute atomic E-state index is 12.5. The lowest BCUT2D eigenvalue weighted by molar-refractivity contribution is -0.130. The third-order valence-corrected chi connectivity index (χ3v) is 6.60. The van der Waals surface area contributed by atoms with Crippen LogP contribution in [0.1, 0.15) is 37.8 Å². The highest BCUT2D eigenvalue weighted by Crippen LogP contribution is 2.24. The summed E-state index contributed by atoms with van der Waals surface area (Å²) in [6.45, 7) is 12.8. The molecular weight excluding hydrogens is 392 g/mol. The average molecular weight is 429 g/mol. The first-order valence-electron chi connectivity index (χ1n) is 11.2. The van der Waals surface area contributed by atoms with Gasteiger partial charge >= 0.3 is 6.03 Å². The molecule has 0 radical (unpaired) electrons. The molecule has 0 spiro atoms. The number of rotatable bonds is 6. The van der Waals surface area contributed by atoms with Crippen molar-refractivity contribution in [3.8, 4) is 0 Å². The molecule has 1 atom stereocenters. The van der Waals surface area contributed by atoms with Crippen LogP contribution in [0.2, 0.25) is 0 Å². The highest BCUT2D eigenvalue weighted by Gasteiger charge is 2.45. The van der Waals surface area contributed by atoms with Crippen LogP contribution in [0.5, 0.6) is 0 Å². The van der Waals surface area contributed by atoms with Gasteiger partial charge in [0.1, 0.15) is 5.54 Å². The first kappa shape index (κ1) is 22.9. The third-order valence-electron chi connectivity index (χ3n) is 6.60. The summed E-state index contributed by atoms with van der Waals surface area (Å²) >= 11 is 0. The Hall–Kier alpha value is -2.77. The number of aryl methyl sites for hydroxylation is 1. The lowest BCUT2D eigenvalue weighted by Gasteiger charge is -2.38. The van der Waals surface area contributed by atoms with Crippen molar-refractivity contribution in [2.75, 3.05) is 51.2 Å². The van der Waals surface area contributed by atoms with Crippen LogP contribution in [0.3, 0.4) is 0 Å². The molecule has 2 fully saturated rings. The molecule has 0 aliphatic carbocycles. The van der Waals surface area contributed by atoms with Gasteiger partial charge in [0.15, 0.2) is 5.96 Å². The van der Waals surface area contributed by atoms with Gasteiger partial charge in [0.05, 0.1) is 0 Å². The van der Waals surface area contributed by atoms with E-state index in [-0.39, 0.29) is 11.9 Å². The minimum absolute atomic E-state index is 0.132. The summed E-state index contributed by atoms with van der Waals surface area (Å²) < 4.78 is 0. The molecule has 1 aromatic rings. The highest BCUT2D eigenvalue weighted by atomic mass is 16.2. The number of carbonyl (C=O) groups is 2. The van der Waals surface area contributed by atoms with Crippen LogP contribution < -0.4 is 15.5 Å². The van der Waals surface area contributed by atoms with Crippen LogP contribution in [0.4, 0.5) is 10.5 Å². The summed E-state index contributed by atoms with van der Waals surface area (Å²) in [6, 6.07) is 6.19.